The van der Waals surface area contributed by atoms with Gasteiger partial charge < -0.3 is 20.5 Å². The first-order valence-electron chi connectivity index (χ1n) is 12.6. The van der Waals surface area contributed by atoms with Gasteiger partial charge in [0.2, 0.25) is 5.91 Å². The number of carbonyl (C=O) groups is 3. The maximum Gasteiger partial charge on any atom is 0.407 e. The van der Waals surface area contributed by atoms with Gasteiger partial charge in [-0.1, -0.05) is 74.7 Å². The van der Waals surface area contributed by atoms with E-state index in [-0.39, 0.29) is 30.4 Å². The van der Waals surface area contributed by atoms with Gasteiger partial charge in [0.25, 0.3) is 0 Å². The third-order valence-electron chi connectivity index (χ3n) is 7.30. The zero-order chi connectivity index (χ0) is 24.8. The zero-order valence-electron chi connectivity index (χ0n) is 20.2. The van der Waals surface area contributed by atoms with Crippen molar-refractivity contribution in [2.75, 3.05) is 13.2 Å². The molecule has 2 aliphatic rings. The van der Waals surface area contributed by atoms with Gasteiger partial charge in [0, 0.05) is 24.4 Å². The molecule has 186 valence electrons. The highest BCUT2D eigenvalue weighted by molar-refractivity contribution is 5.80. The van der Waals surface area contributed by atoms with Crippen LogP contribution >= 0.6 is 0 Å². The number of aliphatic carboxylic acids is 1. The molecule has 0 bridgehead atoms. The van der Waals surface area contributed by atoms with E-state index in [1.54, 1.807) is 6.92 Å². The van der Waals surface area contributed by atoms with Gasteiger partial charge in [-0.25, -0.2) is 4.79 Å². The first-order valence-corrected chi connectivity index (χ1v) is 12.6. The minimum absolute atomic E-state index is 0.000364. The third-order valence-corrected chi connectivity index (χ3v) is 7.30. The molecule has 0 aromatic heterocycles. The predicted molar refractivity (Wildman–Crippen MR) is 133 cm³/mol. The third kappa shape index (κ3) is 5.84. The van der Waals surface area contributed by atoms with Crippen LogP contribution in [-0.4, -0.2) is 42.3 Å². The van der Waals surface area contributed by atoms with Crippen molar-refractivity contribution in [1.82, 2.24) is 10.6 Å². The average Bonchev–Trinajstić information content (AvgIpc) is 2.98. The first kappa shape index (κ1) is 24.8. The van der Waals surface area contributed by atoms with Crippen LogP contribution in [0.4, 0.5) is 4.79 Å². The monoisotopic (exact) mass is 478 g/mol. The Hall–Kier alpha value is -3.35. The van der Waals surface area contributed by atoms with Crippen molar-refractivity contribution in [1.29, 1.82) is 0 Å². The van der Waals surface area contributed by atoms with Crippen molar-refractivity contribution < 1.29 is 24.2 Å². The number of hydrogen-bond donors (Lipinski definition) is 3. The minimum atomic E-state index is -0.846. The lowest BCUT2D eigenvalue weighted by Crippen LogP contribution is -2.45. The second kappa shape index (κ2) is 11.4. The first-order chi connectivity index (χ1) is 17.0. The number of nitrogens with one attached hydrogen (secondary N) is 2. The van der Waals surface area contributed by atoms with Crippen LogP contribution in [0.5, 0.6) is 0 Å². The summed E-state index contributed by atoms with van der Waals surface area (Å²) in [6.07, 6.45) is 4.02. The Morgan fingerprint density at radius 1 is 0.971 bits per heavy atom. The highest BCUT2D eigenvalue weighted by atomic mass is 16.5. The lowest BCUT2D eigenvalue weighted by molar-refractivity contribution is -0.143. The van der Waals surface area contributed by atoms with E-state index in [1.807, 2.05) is 24.3 Å². The summed E-state index contributed by atoms with van der Waals surface area (Å²) in [7, 11) is 0. The van der Waals surface area contributed by atoms with Crippen molar-refractivity contribution in [3.63, 3.8) is 0 Å². The van der Waals surface area contributed by atoms with E-state index in [0.717, 1.165) is 30.4 Å². The fourth-order valence-corrected chi connectivity index (χ4v) is 5.27. The SMILES string of the molecule is CC(CCNC(=O)OCC1c2ccccc2-c2ccccc21)C(=O)NC1CCCCCC1C(=O)O. The van der Waals surface area contributed by atoms with Gasteiger partial charge in [-0.05, 0) is 41.5 Å². The molecule has 1 fully saturated rings. The zero-order valence-corrected chi connectivity index (χ0v) is 20.2. The van der Waals surface area contributed by atoms with E-state index in [9.17, 15) is 19.5 Å². The van der Waals surface area contributed by atoms with Gasteiger partial charge >= 0.3 is 12.1 Å². The summed E-state index contributed by atoms with van der Waals surface area (Å²) in [5.41, 5.74) is 4.67. The fourth-order valence-electron chi connectivity index (χ4n) is 5.27. The number of rotatable bonds is 8. The summed E-state index contributed by atoms with van der Waals surface area (Å²) in [4.78, 5) is 36.6. The van der Waals surface area contributed by atoms with Crippen LogP contribution < -0.4 is 10.6 Å². The van der Waals surface area contributed by atoms with Crippen LogP contribution in [0.15, 0.2) is 48.5 Å². The molecule has 0 radical (unpaired) electrons. The van der Waals surface area contributed by atoms with Crippen LogP contribution in [0, 0.1) is 11.8 Å². The highest BCUT2D eigenvalue weighted by Crippen LogP contribution is 2.44. The summed E-state index contributed by atoms with van der Waals surface area (Å²) in [6.45, 7) is 2.34. The van der Waals surface area contributed by atoms with E-state index >= 15 is 0 Å². The Morgan fingerprint density at radius 3 is 2.26 bits per heavy atom. The Labute approximate surface area is 206 Å². The number of amides is 2. The molecule has 3 N–H and O–H groups in total. The van der Waals surface area contributed by atoms with Gasteiger partial charge in [-0.3, -0.25) is 9.59 Å². The van der Waals surface area contributed by atoms with Crippen molar-refractivity contribution >= 4 is 18.0 Å². The molecule has 0 spiro atoms. The Morgan fingerprint density at radius 2 is 1.60 bits per heavy atom. The molecule has 7 heteroatoms. The van der Waals surface area contributed by atoms with Gasteiger partial charge in [0.1, 0.15) is 6.61 Å². The normalized spacial score (nSPS) is 20.1. The standard InChI is InChI=1S/C28H34N2O5/c1-18(26(31)30-25-14-4-2-3-13-23(25)27(32)33)15-16-29-28(34)35-17-24-21-11-7-5-9-19(21)20-10-6-8-12-22(20)24/h5-12,18,23-25H,2-4,13-17H2,1H3,(H,29,34)(H,30,31)(H,32,33). The number of alkyl carbamates (subject to hydrolysis) is 1. The quantitative estimate of drug-likeness (QED) is 0.477. The van der Waals surface area contributed by atoms with Crippen molar-refractivity contribution in [2.45, 2.75) is 57.4 Å². The second-order valence-corrected chi connectivity index (χ2v) is 9.64. The molecule has 2 aliphatic carbocycles. The molecule has 35 heavy (non-hydrogen) atoms. The molecule has 7 nitrogen and oxygen atoms in total. The Kier molecular flexibility index (Phi) is 8.06. The summed E-state index contributed by atoms with van der Waals surface area (Å²) in [5, 5.41) is 15.2. The molecule has 2 aromatic carbocycles. The molecular formula is C28H34N2O5. The number of benzene rings is 2. The molecular weight excluding hydrogens is 444 g/mol. The Bertz CT molecular complexity index is 1020. The summed E-state index contributed by atoms with van der Waals surface area (Å²) in [6, 6.07) is 16.0. The highest BCUT2D eigenvalue weighted by Gasteiger charge is 2.32. The van der Waals surface area contributed by atoms with Crippen molar-refractivity contribution in [3.8, 4) is 11.1 Å². The van der Waals surface area contributed by atoms with E-state index < -0.39 is 18.0 Å². The van der Waals surface area contributed by atoms with Crippen LogP contribution in [-0.2, 0) is 14.3 Å². The molecule has 4 rings (SSSR count). The van der Waals surface area contributed by atoms with Crippen LogP contribution in [0.25, 0.3) is 11.1 Å². The van der Waals surface area contributed by atoms with Crippen molar-refractivity contribution in [2.24, 2.45) is 11.8 Å². The van der Waals surface area contributed by atoms with Gasteiger partial charge in [0.05, 0.1) is 5.92 Å². The van der Waals surface area contributed by atoms with E-state index in [0.29, 0.717) is 25.8 Å². The number of hydrogen-bond acceptors (Lipinski definition) is 4. The molecule has 3 atom stereocenters. The number of ether oxygens (including phenoxy) is 1. The van der Waals surface area contributed by atoms with Crippen LogP contribution in [0.2, 0.25) is 0 Å². The Balaban J connectivity index is 1.23. The molecule has 2 amide bonds. The summed E-state index contributed by atoms with van der Waals surface area (Å²) in [5.74, 6) is -1.90. The summed E-state index contributed by atoms with van der Waals surface area (Å²) < 4.78 is 5.54. The van der Waals surface area contributed by atoms with Gasteiger partial charge in [-0.15, -0.1) is 0 Å². The van der Waals surface area contributed by atoms with Gasteiger partial charge in [-0.2, -0.15) is 0 Å². The average molecular weight is 479 g/mol. The maximum atomic E-state index is 12.7. The molecule has 0 heterocycles. The minimum Gasteiger partial charge on any atom is -0.481 e. The smallest absolute Gasteiger partial charge is 0.407 e. The number of carboxylic acids is 1. The largest absolute Gasteiger partial charge is 0.481 e. The van der Waals surface area contributed by atoms with Crippen LogP contribution in [0.3, 0.4) is 0 Å². The number of carboxylic acid groups (broad SMARTS) is 1. The molecule has 3 unspecified atom stereocenters. The molecule has 0 saturated heterocycles. The van der Waals surface area contributed by atoms with Crippen LogP contribution in [0.1, 0.15) is 62.5 Å². The van der Waals surface area contributed by atoms with E-state index in [1.165, 1.54) is 11.1 Å². The van der Waals surface area contributed by atoms with Gasteiger partial charge in [0.15, 0.2) is 0 Å². The predicted octanol–water partition coefficient (Wildman–Crippen LogP) is 4.70. The lowest BCUT2D eigenvalue weighted by Gasteiger charge is -2.24. The molecule has 2 aromatic rings. The lowest BCUT2D eigenvalue weighted by atomic mass is 9.94. The van der Waals surface area contributed by atoms with Crippen molar-refractivity contribution in [3.05, 3.63) is 59.7 Å². The fraction of sp³-hybridized carbons (Fsp3) is 0.464. The molecule has 0 aliphatic heterocycles. The number of fused-ring (bicyclic) bond motifs is 3. The number of carbonyl (C=O) groups excluding carboxylic acids is 2. The maximum absolute atomic E-state index is 12.7. The van der Waals surface area contributed by atoms with E-state index in [4.69, 9.17) is 4.74 Å². The topological polar surface area (TPSA) is 105 Å². The molecule has 1 saturated carbocycles. The second-order valence-electron chi connectivity index (χ2n) is 9.64. The van der Waals surface area contributed by atoms with E-state index in [2.05, 4.69) is 34.9 Å². The summed E-state index contributed by atoms with van der Waals surface area (Å²) >= 11 is 0.